The Labute approximate surface area is 155 Å². The molecule has 138 valence electrons. The topological polar surface area (TPSA) is 26.0 Å². The summed E-state index contributed by atoms with van der Waals surface area (Å²) in [7, 11) is 0. The first kappa shape index (κ1) is 19.8. The van der Waals surface area contributed by atoms with Gasteiger partial charge in [0.1, 0.15) is 0 Å². The summed E-state index contributed by atoms with van der Waals surface area (Å²) in [6.45, 7) is 4.55. The van der Waals surface area contributed by atoms with Crippen LogP contribution in [0.4, 0.5) is 5.69 Å². The quantitative estimate of drug-likeness (QED) is 0.315. The Morgan fingerprint density at radius 2 is 1.28 bits per heavy atom. The maximum Gasteiger partial charge on any atom is 0.0393 e. The van der Waals surface area contributed by atoms with Gasteiger partial charge in [-0.1, -0.05) is 89.5 Å². The van der Waals surface area contributed by atoms with Gasteiger partial charge in [0.2, 0.25) is 0 Å². The summed E-state index contributed by atoms with van der Waals surface area (Å²) in [5, 5.41) is 2.62. The molecule has 2 aromatic carbocycles. The molecule has 0 saturated carbocycles. The fourth-order valence-corrected chi connectivity index (χ4v) is 3.70. The molecule has 1 heteroatoms. The Kier molecular flexibility index (Phi) is 8.86. The number of nitrogen functional groups attached to an aromatic ring is 1. The minimum atomic E-state index is 0.915. The molecule has 0 bridgehead atoms. The highest BCUT2D eigenvalue weighted by Crippen LogP contribution is 2.28. The van der Waals surface area contributed by atoms with Crippen molar-refractivity contribution in [2.24, 2.45) is 0 Å². The number of hydrogen-bond acceptors (Lipinski definition) is 1. The van der Waals surface area contributed by atoms with Gasteiger partial charge in [-0.3, -0.25) is 0 Å². The highest BCUT2D eigenvalue weighted by Gasteiger charge is 2.06. The van der Waals surface area contributed by atoms with E-state index in [4.69, 9.17) is 5.73 Å². The molecule has 0 heterocycles. The molecule has 0 aromatic heterocycles. The third-order valence-corrected chi connectivity index (χ3v) is 5.32. The summed E-state index contributed by atoms with van der Waals surface area (Å²) in [6.07, 6.45) is 15.8. The van der Waals surface area contributed by atoms with Crippen molar-refractivity contribution < 1.29 is 0 Å². The Hall–Kier alpha value is -1.50. The van der Waals surface area contributed by atoms with Gasteiger partial charge in [-0.05, 0) is 48.3 Å². The smallest absolute Gasteiger partial charge is 0.0393 e. The standard InChI is InChI=1S/C24H37N/c1-3-5-7-9-10-11-13-20-15-17-22-23(19-20)21(16-18-24(22)25)14-12-8-6-4-2/h15-19H,3-14,25H2,1-2H3. The van der Waals surface area contributed by atoms with Crippen LogP contribution < -0.4 is 5.73 Å². The van der Waals surface area contributed by atoms with Crippen LogP contribution in [0.2, 0.25) is 0 Å². The number of aryl methyl sites for hydroxylation is 2. The number of fused-ring (bicyclic) bond motifs is 1. The molecule has 0 amide bonds. The van der Waals surface area contributed by atoms with Crippen LogP contribution in [0.1, 0.15) is 89.2 Å². The zero-order chi connectivity index (χ0) is 17.9. The van der Waals surface area contributed by atoms with Gasteiger partial charge in [-0.25, -0.2) is 0 Å². The van der Waals surface area contributed by atoms with Crippen molar-refractivity contribution in [2.45, 2.75) is 90.9 Å². The lowest BCUT2D eigenvalue weighted by atomic mass is 9.95. The largest absolute Gasteiger partial charge is 0.398 e. The average Bonchev–Trinajstić information content (AvgIpc) is 2.63. The fourth-order valence-electron chi connectivity index (χ4n) is 3.70. The van der Waals surface area contributed by atoms with Crippen molar-refractivity contribution >= 4 is 16.5 Å². The van der Waals surface area contributed by atoms with E-state index < -0.39 is 0 Å². The van der Waals surface area contributed by atoms with E-state index in [9.17, 15) is 0 Å². The van der Waals surface area contributed by atoms with Crippen molar-refractivity contribution in [3.8, 4) is 0 Å². The second kappa shape index (κ2) is 11.2. The van der Waals surface area contributed by atoms with Gasteiger partial charge in [0.25, 0.3) is 0 Å². The van der Waals surface area contributed by atoms with Gasteiger partial charge in [0.05, 0.1) is 0 Å². The third-order valence-electron chi connectivity index (χ3n) is 5.32. The van der Waals surface area contributed by atoms with Gasteiger partial charge in [-0.2, -0.15) is 0 Å². The Morgan fingerprint density at radius 1 is 0.640 bits per heavy atom. The monoisotopic (exact) mass is 339 g/mol. The van der Waals surface area contributed by atoms with Gasteiger partial charge in [-0.15, -0.1) is 0 Å². The Morgan fingerprint density at radius 3 is 2.04 bits per heavy atom. The van der Waals surface area contributed by atoms with Gasteiger partial charge in [0, 0.05) is 11.1 Å². The molecule has 2 aromatic rings. The van der Waals surface area contributed by atoms with E-state index in [1.54, 1.807) is 0 Å². The second-order valence-corrected chi connectivity index (χ2v) is 7.52. The zero-order valence-electron chi connectivity index (χ0n) is 16.4. The maximum atomic E-state index is 6.22. The van der Waals surface area contributed by atoms with Crippen molar-refractivity contribution in [3.63, 3.8) is 0 Å². The molecule has 2 N–H and O–H groups in total. The molecule has 0 saturated heterocycles. The summed E-state index contributed by atoms with van der Waals surface area (Å²) in [6, 6.07) is 11.3. The van der Waals surface area contributed by atoms with Crippen LogP contribution >= 0.6 is 0 Å². The number of rotatable bonds is 12. The predicted molar refractivity (Wildman–Crippen MR) is 113 cm³/mol. The van der Waals surface area contributed by atoms with Crippen LogP contribution in [0.5, 0.6) is 0 Å². The van der Waals surface area contributed by atoms with Crippen LogP contribution in [0.15, 0.2) is 30.3 Å². The molecule has 0 aliphatic rings. The molecule has 0 atom stereocenters. The molecule has 0 radical (unpaired) electrons. The number of nitrogens with two attached hydrogens (primary N) is 1. The number of anilines is 1. The predicted octanol–water partition coefficient (Wildman–Crippen LogP) is 7.45. The molecule has 0 unspecified atom stereocenters. The minimum absolute atomic E-state index is 0.915. The van der Waals surface area contributed by atoms with Crippen molar-refractivity contribution in [2.75, 3.05) is 5.73 Å². The van der Waals surface area contributed by atoms with E-state index in [1.807, 2.05) is 0 Å². The first-order valence-electron chi connectivity index (χ1n) is 10.6. The van der Waals surface area contributed by atoms with Crippen molar-refractivity contribution in [3.05, 3.63) is 41.5 Å². The minimum Gasteiger partial charge on any atom is -0.398 e. The molecule has 0 spiro atoms. The van der Waals surface area contributed by atoms with E-state index >= 15 is 0 Å². The van der Waals surface area contributed by atoms with Gasteiger partial charge < -0.3 is 5.73 Å². The van der Waals surface area contributed by atoms with E-state index in [0.29, 0.717) is 0 Å². The summed E-state index contributed by atoms with van der Waals surface area (Å²) < 4.78 is 0. The Bertz CT molecular complexity index is 629. The SMILES string of the molecule is CCCCCCCCc1ccc2c(N)ccc(CCCCCC)c2c1. The summed E-state index contributed by atoms with van der Waals surface area (Å²) in [5.41, 5.74) is 10.1. The highest BCUT2D eigenvalue weighted by atomic mass is 14.5. The third kappa shape index (κ3) is 6.38. The second-order valence-electron chi connectivity index (χ2n) is 7.52. The Balaban J connectivity index is 2.00. The maximum absolute atomic E-state index is 6.22. The van der Waals surface area contributed by atoms with Crippen molar-refractivity contribution in [1.82, 2.24) is 0 Å². The van der Waals surface area contributed by atoms with E-state index in [1.165, 1.54) is 98.9 Å². The molecule has 2 rings (SSSR count). The summed E-state index contributed by atoms with van der Waals surface area (Å²) in [5.74, 6) is 0. The van der Waals surface area contributed by atoms with Gasteiger partial charge in [0.15, 0.2) is 0 Å². The molecule has 0 fully saturated rings. The van der Waals surface area contributed by atoms with Crippen molar-refractivity contribution in [1.29, 1.82) is 0 Å². The summed E-state index contributed by atoms with van der Waals surface area (Å²) in [4.78, 5) is 0. The van der Waals surface area contributed by atoms with Crippen LogP contribution in [0.25, 0.3) is 10.8 Å². The molecular weight excluding hydrogens is 302 g/mol. The fraction of sp³-hybridized carbons (Fsp3) is 0.583. The lowest BCUT2D eigenvalue weighted by Gasteiger charge is -2.11. The zero-order valence-corrected chi connectivity index (χ0v) is 16.4. The van der Waals surface area contributed by atoms with E-state index in [0.717, 1.165) is 5.69 Å². The lowest BCUT2D eigenvalue weighted by molar-refractivity contribution is 0.607. The first-order valence-corrected chi connectivity index (χ1v) is 10.6. The highest BCUT2D eigenvalue weighted by molar-refractivity contribution is 5.95. The molecule has 0 aliphatic heterocycles. The summed E-state index contributed by atoms with van der Waals surface area (Å²) >= 11 is 0. The van der Waals surface area contributed by atoms with Gasteiger partial charge >= 0.3 is 0 Å². The van der Waals surface area contributed by atoms with Crippen LogP contribution in [0.3, 0.4) is 0 Å². The molecule has 1 nitrogen and oxygen atoms in total. The molecular formula is C24H37N. The number of unbranched alkanes of at least 4 members (excludes halogenated alkanes) is 8. The normalized spacial score (nSPS) is 11.3. The van der Waals surface area contributed by atoms with E-state index in [-0.39, 0.29) is 0 Å². The van der Waals surface area contributed by atoms with Crippen LogP contribution in [-0.4, -0.2) is 0 Å². The van der Waals surface area contributed by atoms with Crippen LogP contribution in [-0.2, 0) is 12.8 Å². The average molecular weight is 340 g/mol. The first-order chi connectivity index (χ1) is 12.3. The lowest BCUT2D eigenvalue weighted by Crippen LogP contribution is -1.95. The van der Waals surface area contributed by atoms with E-state index in [2.05, 4.69) is 44.2 Å². The molecule has 25 heavy (non-hydrogen) atoms. The van der Waals surface area contributed by atoms with Crippen LogP contribution in [0, 0.1) is 0 Å². The molecule has 0 aliphatic carbocycles. The number of benzene rings is 2. The number of hydrogen-bond donors (Lipinski definition) is 1.